The van der Waals surface area contributed by atoms with Crippen LogP contribution < -0.4 is 10.7 Å². The third-order valence-corrected chi connectivity index (χ3v) is 1.53. The summed E-state index contributed by atoms with van der Waals surface area (Å²) in [5.41, 5.74) is 2.14. The van der Waals surface area contributed by atoms with E-state index in [4.69, 9.17) is 5.90 Å². The van der Waals surface area contributed by atoms with Gasteiger partial charge in [-0.3, -0.25) is 0 Å². The topological polar surface area (TPSA) is 35.2 Å². The van der Waals surface area contributed by atoms with Gasteiger partial charge in [-0.1, -0.05) is 18.2 Å². The molecule has 2 nitrogen and oxygen atoms in total. The van der Waals surface area contributed by atoms with E-state index >= 15 is 0 Å². The molecule has 0 aliphatic carbocycles. The summed E-state index contributed by atoms with van der Waals surface area (Å²) >= 11 is 0. The van der Waals surface area contributed by atoms with Crippen LogP contribution in [0.5, 0.6) is 5.75 Å². The van der Waals surface area contributed by atoms with Crippen LogP contribution in [-0.4, -0.2) is 0 Å². The van der Waals surface area contributed by atoms with E-state index in [1.54, 1.807) is 0 Å². The van der Waals surface area contributed by atoms with Gasteiger partial charge in [-0.05, 0) is 25.0 Å². The number of hydrogen-bond acceptors (Lipinski definition) is 2. The number of halogens is 1. The van der Waals surface area contributed by atoms with E-state index in [9.17, 15) is 0 Å². The molecule has 0 saturated carbocycles. The van der Waals surface area contributed by atoms with Gasteiger partial charge in [-0.25, -0.2) is 0 Å². The molecular weight excluding hydrogens is 162 g/mol. The molecule has 62 valence electrons. The van der Waals surface area contributed by atoms with Crippen LogP contribution >= 0.6 is 12.4 Å². The number of aryl methyl sites for hydroxylation is 2. The van der Waals surface area contributed by atoms with E-state index in [-0.39, 0.29) is 12.4 Å². The van der Waals surface area contributed by atoms with Crippen LogP contribution in [0.15, 0.2) is 18.2 Å². The van der Waals surface area contributed by atoms with Crippen LogP contribution in [0.3, 0.4) is 0 Å². The highest BCUT2D eigenvalue weighted by molar-refractivity contribution is 5.85. The van der Waals surface area contributed by atoms with Crippen molar-refractivity contribution in [1.82, 2.24) is 0 Å². The minimum absolute atomic E-state index is 0. The summed E-state index contributed by atoms with van der Waals surface area (Å²) in [5.74, 6) is 5.83. The fourth-order valence-electron chi connectivity index (χ4n) is 0.985. The van der Waals surface area contributed by atoms with Gasteiger partial charge in [0.2, 0.25) is 0 Å². The van der Waals surface area contributed by atoms with E-state index < -0.39 is 0 Å². The van der Waals surface area contributed by atoms with Crippen molar-refractivity contribution < 1.29 is 4.84 Å². The molecular formula is C8H12ClNO. The van der Waals surface area contributed by atoms with Crippen molar-refractivity contribution in [2.45, 2.75) is 13.8 Å². The second kappa shape index (κ2) is 4.21. The van der Waals surface area contributed by atoms with Gasteiger partial charge in [0.15, 0.2) is 5.75 Å². The average Bonchev–Trinajstić information content (AvgIpc) is 1.88. The summed E-state index contributed by atoms with van der Waals surface area (Å²) in [5, 5.41) is 0. The molecule has 0 amide bonds. The zero-order valence-electron chi connectivity index (χ0n) is 6.63. The average molecular weight is 174 g/mol. The minimum atomic E-state index is 0. The highest BCUT2D eigenvalue weighted by atomic mass is 35.5. The summed E-state index contributed by atoms with van der Waals surface area (Å²) in [4.78, 5) is 4.68. The SMILES string of the molecule is Cc1cccc(C)c1ON.Cl. The lowest BCUT2D eigenvalue weighted by molar-refractivity contribution is 0.329. The van der Waals surface area contributed by atoms with Crippen molar-refractivity contribution in [2.24, 2.45) is 5.90 Å². The maximum absolute atomic E-state index is 5.05. The van der Waals surface area contributed by atoms with Crippen molar-refractivity contribution >= 4 is 12.4 Å². The summed E-state index contributed by atoms with van der Waals surface area (Å²) in [6, 6.07) is 5.91. The van der Waals surface area contributed by atoms with Gasteiger partial charge in [0.05, 0.1) is 0 Å². The first kappa shape index (κ1) is 10.3. The maximum atomic E-state index is 5.05. The molecule has 0 aromatic heterocycles. The van der Waals surface area contributed by atoms with Crippen LogP contribution in [0.25, 0.3) is 0 Å². The zero-order chi connectivity index (χ0) is 7.56. The van der Waals surface area contributed by atoms with Gasteiger partial charge in [-0.15, -0.1) is 12.4 Å². The largest absolute Gasteiger partial charge is 0.411 e. The summed E-state index contributed by atoms with van der Waals surface area (Å²) < 4.78 is 0. The number of rotatable bonds is 1. The molecule has 0 aliphatic rings. The van der Waals surface area contributed by atoms with Crippen LogP contribution in [0, 0.1) is 13.8 Å². The minimum Gasteiger partial charge on any atom is -0.411 e. The van der Waals surface area contributed by atoms with Gasteiger partial charge in [0.1, 0.15) is 0 Å². The Morgan fingerprint density at radius 1 is 1.18 bits per heavy atom. The highest BCUT2D eigenvalue weighted by Gasteiger charge is 1.99. The monoisotopic (exact) mass is 173 g/mol. The van der Waals surface area contributed by atoms with Gasteiger partial charge in [0, 0.05) is 0 Å². The van der Waals surface area contributed by atoms with Crippen molar-refractivity contribution in [3.8, 4) is 5.75 Å². The zero-order valence-corrected chi connectivity index (χ0v) is 7.44. The summed E-state index contributed by atoms with van der Waals surface area (Å²) in [6.45, 7) is 3.93. The Balaban J connectivity index is 0.000001000. The van der Waals surface area contributed by atoms with Gasteiger partial charge in [0.25, 0.3) is 0 Å². The Bertz CT molecular complexity index is 217. The number of nitrogens with two attached hydrogens (primary N) is 1. The van der Waals surface area contributed by atoms with Crippen LogP contribution in [0.1, 0.15) is 11.1 Å². The predicted octanol–water partition coefficient (Wildman–Crippen LogP) is 1.98. The molecule has 0 radical (unpaired) electrons. The third kappa shape index (κ3) is 2.10. The molecule has 0 atom stereocenters. The molecule has 11 heavy (non-hydrogen) atoms. The standard InChI is InChI=1S/C8H11NO.ClH/c1-6-4-3-5-7(2)8(6)10-9;/h3-5H,9H2,1-2H3;1H. The van der Waals surface area contributed by atoms with E-state index in [1.165, 1.54) is 0 Å². The Labute approximate surface area is 72.7 Å². The summed E-state index contributed by atoms with van der Waals surface area (Å²) in [6.07, 6.45) is 0. The first-order valence-corrected chi connectivity index (χ1v) is 3.18. The molecule has 2 N–H and O–H groups in total. The van der Waals surface area contributed by atoms with Crippen LogP contribution in [0.4, 0.5) is 0 Å². The first-order chi connectivity index (χ1) is 4.75. The van der Waals surface area contributed by atoms with E-state index in [0.717, 1.165) is 16.9 Å². The van der Waals surface area contributed by atoms with E-state index in [2.05, 4.69) is 4.84 Å². The molecule has 1 rings (SSSR count). The second-order valence-corrected chi connectivity index (χ2v) is 2.34. The molecule has 0 unspecified atom stereocenters. The van der Waals surface area contributed by atoms with Gasteiger partial charge < -0.3 is 4.84 Å². The Morgan fingerprint density at radius 2 is 1.64 bits per heavy atom. The van der Waals surface area contributed by atoms with Crippen LogP contribution in [0.2, 0.25) is 0 Å². The molecule has 0 fully saturated rings. The Hall–Kier alpha value is -0.730. The van der Waals surface area contributed by atoms with Crippen LogP contribution in [-0.2, 0) is 0 Å². The first-order valence-electron chi connectivity index (χ1n) is 3.18. The molecule has 0 saturated heterocycles. The molecule has 0 spiro atoms. The lowest BCUT2D eigenvalue weighted by atomic mass is 10.1. The normalized spacial score (nSPS) is 8.64. The van der Waals surface area contributed by atoms with Crippen molar-refractivity contribution in [1.29, 1.82) is 0 Å². The molecule has 0 heterocycles. The number of hydrogen-bond donors (Lipinski definition) is 1. The van der Waals surface area contributed by atoms with E-state index in [0.29, 0.717) is 0 Å². The molecule has 1 aromatic rings. The van der Waals surface area contributed by atoms with Gasteiger partial charge in [-0.2, -0.15) is 5.90 Å². The molecule has 0 bridgehead atoms. The molecule has 1 aromatic carbocycles. The smallest absolute Gasteiger partial charge is 0.152 e. The Morgan fingerprint density at radius 3 is 1.91 bits per heavy atom. The van der Waals surface area contributed by atoms with Crippen molar-refractivity contribution in [2.75, 3.05) is 0 Å². The predicted molar refractivity (Wildman–Crippen MR) is 48.0 cm³/mol. The van der Waals surface area contributed by atoms with Crippen molar-refractivity contribution in [3.05, 3.63) is 29.3 Å². The fraction of sp³-hybridized carbons (Fsp3) is 0.250. The molecule has 3 heteroatoms. The molecule has 0 aliphatic heterocycles. The fourth-order valence-corrected chi connectivity index (χ4v) is 0.985. The Kier molecular flexibility index (Phi) is 3.93. The van der Waals surface area contributed by atoms with Crippen molar-refractivity contribution in [3.63, 3.8) is 0 Å². The lowest BCUT2D eigenvalue weighted by Crippen LogP contribution is -2.04. The second-order valence-electron chi connectivity index (χ2n) is 2.34. The quantitative estimate of drug-likeness (QED) is 0.660. The lowest BCUT2D eigenvalue weighted by Gasteiger charge is -2.04. The van der Waals surface area contributed by atoms with E-state index in [1.807, 2.05) is 32.0 Å². The summed E-state index contributed by atoms with van der Waals surface area (Å²) in [7, 11) is 0. The third-order valence-electron chi connectivity index (χ3n) is 1.53. The number of benzene rings is 1. The van der Waals surface area contributed by atoms with Gasteiger partial charge >= 0.3 is 0 Å². The number of para-hydroxylation sites is 1. The maximum Gasteiger partial charge on any atom is 0.152 e. The highest BCUT2D eigenvalue weighted by Crippen LogP contribution is 2.20.